The number of carbonyl (C=O) groups excluding carboxylic acids is 1. The molecule has 0 aliphatic carbocycles. The quantitative estimate of drug-likeness (QED) is 0.279. The van der Waals surface area contributed by atoms with Crippen molar-refractivity contribution >= 4 is 24.1 Å². The number of hydrogen-bond donors (Lipinski definition) is 0. The fourth-order valence-electron chi connectivity index (χ4n) is 2.44. The van der Waals surface area contributed by atoms with E-state index < -0.39 is 48.1 Å². The first-order valence-corrected chi connectivity index (χ1v) is 8.73. The van der Waals surface area contributed by atoms with Crippen LogP contribution >= 0.6 is 7.92 Å². The molecule has 7 heteroatoms. The fraction of sp³-hybridized carbons (Fsp3) is 0. The highest BCUT2D eigenvalue weighted by Crippen LogP contribution is 2.40. The molecule has 0 N–H and O–H groups in total. The van der Waals surface area contributed by atoms with E-state index in [-0.39, 0.29) is 0 Å². The molecule has 1 nitrogen and oxygen atoms in total. The van der Waals surface area contributed by atoms with Crippen molar-refractivity contribution in [3.8, 4) is 0 Å². The van der Waals surface area contributed by atoms with Crippen molar-refractivity contribution in [1.82, 2.24) is 0 Å². The monoisotopic (exact) mass is 380 g/mol. The minimum absolute atomic E-state index is 0.433. The summed E-state index contributed by atoms with van der Waals surface area (Å²) in [6.07, 6.45) is 0. The van der Waals surface area contributed by atoms with Gasteiger partial charge in [-0.25, -0.2) is 22.0 Å². The fourth-order valence-corrected chi connectivity index (χ4v) is 4.57. The van der Waals surface area contributed by atoms with Crippen LogP contribution in [0.5, 0.6) is 0 Å². The van der Waals surface area contributed by atoms with Gasteiger partial charge in [0.2, 0.25) is 5.82 Å². The maximum atomic E-state index is 14.1. The Hall–Kier alpha value is -2.59. The first kappa shape index (κ1) is 18.2. The Bertz CT molecular complexity index is 892. The molecule has 0 radical (unpaired) electrons. The van der Waals surface area contributed by atoms with Crippen molar-refractivity contribution in [1.29, 1.82) is 0 Å². The third-order valence-corrected chi connectivity index (χ3v) is 5.91. The molecule has 3 aromatic carbocycles. The second-order valence-electron chi connectivity index (χ2n) is 5.26. The standard InChI is InChI=1S/C19H10F5OP/c20-14-13(15(21)17(23)18(24)16(14)22)19(25)26(11-7-3-1-4-8-11)12-9-5-2-6-10-12/h1-10H. The molecule has 0 amide bonds. The number of hydrogen-bond acceptors (Lipinski definition) is 1. The summed E-state index contributed by atoms with van der Waals surface area (Å²) in [5.41, 5.74) is -2.56. The van der Waals surface area contributed by atoms with Crippen LogP contribution in [-0.2, 0) is 0 Å². The maximum absolute atomic E-state index is 14.1. The normalized spacial score (nSPS) is 11.0. The second-order valence-corrected chi connectivity index (χ2v) is 7.37. The Kier molecular flexibility index (Phi) is 5.14. The number of benzene rings is 3. The molecule has 3 aromatic rings. The summed E-state index contributed by atoms with van der Waals surface area (Å²) in [6.45, 7) is 0. The number of rotatable bonds is 4. The van der Waals surface area contributed by atoms with Gasteiger partial charge in [0.1, 0.15) is 5.56 Å². The van der Waals surface area contributed by atoms with E-state index in [9.17, 15) is 26.7 Å². The largest absolute Gasteiger partial charge is 0.288 e. The third-order valence-electron chi connectivity index (χ3n) is 3.66. The minimum Gasteiger partial charge on any atom is -0.288 e. The molecular weight excluding hydrogens is 370 g/mol. The zero-order chi connectivity index (χ0) is 18.8. The average molecular weight is 380 g/mol. The van der Waals surface area contributed by atoms with Gasteiger partial charge in [-0.15, -0.1) is 0 Å². The molecular formula is C19H10F5OP. The van der Waals surface area contributed by atoms with Crippen LogP contribution in [-0.4, -0.2) is 5.52 Å². The Morgan fingerprint density at radius 2 is 0.923 bits per heavy atom. The van der Waals surface area contributed by atoms with Crippen LogP contribution in [0.2, 0.25) is 0 Å². The van der Waals surface area contributed by atoms with E-state index >= 15 is 0 Å². The minimum atomic E-state index is -2.29. The first-order chi connectivity index (χ1) is 12.4. The molecule has 0 heterocycles. The van der Waals surface area contributed by atoms with Gasteiger partial charge >= 0.3 is 0 Å². The Morgan fingerprint density at radius 1 is 0.577 bits per heavy atom. The smallest absolute Gasteiger partial charge is 0.200 e. The SMILES string of the molecule is O=C(c1c(F)c(F)c(F)c(F)c1F)P(c1ccccc1)c1ccccc1. The third kappa shape index (κ3) is 3.13. The van der Waals surface area contributed by atoms with E-state index in [1.165, 1.54) is 0 Å². The molecule has 0 spiro atoms. The highest BCUT2D eigenvalue weighted by atomic mass is 31.1. The van der Waals surface area contributed by atoms with Gasteiger partial charge in [-0.05, 0) is 10.6 Å². The van der Waals surface area contributed by atoms with E-state index in [4.69, 9.17) is 0 Å². The summed E-state index contributed by atoms with van der Waals surface area (Å²) in [6, 6.07) is 16.2. The molecule has 0 bridgehead atoms. The van der Waals surface area contributed by atoms with E-state index in [1.807, 2.05) is 0 Å². The molecule has 0 atom stereocenters. The first-order valence-electron chi connectivity index (χ1n) is 7.39. The molecule has 0 aliphatic heterocycles. The van der Waals surface area contributed by atoms with Crippen molar-refractivity contribution in [2.75, 3.05) is 0 Å². The van der Waals surface area contributed by atoms with E-state index in [0.717, 1.165) is 0 Å². The molecule has 0 unspecified atom stereocenters. The predicted octanol–water partition coefficient (Wildman–Crippen LogP) is 4.66. The molecule has 132 valence electrons. The lowest BCUT2D eigenvalue weighted by atomic mass is 10.2. The summed E-state index contributed by atoms with van der Waals surface area (Å²) in [5, 5.41) is 0.866. The molecule has 0 aliphatic rings. The lowest BCUT2D eigenvalue weighted by Gasteiger charge is -2.18. The topological polar surface area (TPSA) is 17.1 Å². The van der Waals surface area contributed by atoms with E-state index in [0.29, 0.717) is 10.6 Å². The van der Waals surface area contributed by atoms with Gasteiger partial charge in [-0.1, -0.05) is 60.7 Å². The van der Waals surface area contributed by atoms with Gasteiger partial charge in [-0.2, -0.15) is 0 Å². The van der Waals surface area contributed by atoms with Crippen molar-refractivity contribution in [3.63, 3.8) is 0 Å². The molecule has 0 saturated carbocycles. The highest BCUT2D eigenvalue weighted by Gasteiger charge is 2.34. The zero-order valence-electron chi connectivity index (χ0n) is 13.0. The van der Waals surface area contributed by atoms with Crippen LogP contribution in [0, 0.1) is 29.1 Å². The molecule has 0 aromatic heterocycles. The molecule has 0 saturated heterocycles. The van der Waals surface area contributed by atoms with Crippen LogP contribution < -0.4 is 10.6 Å². The zero-order valence-corrected chi connectivity index (χ0v) is 13.9. The van der Waals surface area contributed by atoms with E-state index in [1.54, 1.807) is 60.7 Å². The number of carbonyl (C=O) groups is 1. The average Bonchev–Trinajstić information content (AvgIpc) is 2.67. The van der Waals surface area contributed by atoms with Crippen molar-refractivity contribution in [3.05, 3.63) is 95.3 Å². The lowest BCUT2D eigenvalue weighted by molar-refractivity contribution is 0.107. The lowest BCUT2D eigenvalue weighted by Crippen LogP contribution is -2.21. The Labute approximate surface area is 146 Å². The van der Waals surface area contributed by atoms with Crippen molar-refractivity contribution in [2.24, 2.45) is 0 Å². The summed E-state index contributed by atoms with van der Waals surface area (Å²) < 4.78 is 68.6. The van der Waals surface area contributed by atoms with Crippen LogP contribution in [0.15, 0.2) is 60.7 Å². The Balaban J connectivity index is 2.23. The van der Waals surface area contributed by atoms with Crippen LogP contribution in [0.25, 0.3) is 0 Å². The van der Waals surface area contributed by atoms with Gasteiger partial charge in [0.25, 0.3) is 0 Å². The summed E-state index contributed by atoms with van der Waals surface area (Å²) in [7, 11) is -2.03. The van der Waals surface area contributed by atoms with Crippen LogP contribution in [0.1, 0.15) is 10.4 Å². The van der Waals surface area contributed by atoms with Gasteiger partial charge in [-0.3, -0.25) is 4.79 Å². The summed E-state index contributed by atoms with van der Waals surface area (Å²) in [5.74, 6) is -10.8. The maximum Gasteiger partial charge on any atom is 0.200 e. The molecule has 3 rings (SSSR count). The van der Waals surface area contributed by atoms with Gasteiger partial charge in [0, 0.05) is 7.92 Å². The van der Waals surface area contributed by atoms with Crippen molar-refractivity contribution in [2.45, 2.75) is 0 Å². The van der Waals surface area contributed by atoms with Crippen molar-refractivity contribution < 1.29 is 26.7 Å². The van der Waals surface area contributed by atoms with E-state index in [2.05, 4.69) is 0 Å². The highest BCUT2D eigenvalue weighted by molar-refractivity contribution is 7.88. The molecule has 26 heavy (non-hydrogen) atoms. The summed E-state index contributed by atoms with van der Waals surface area (Å²) >= 11 is 0. The van der Waals surface area contributed by atoms with Gasteiger partial charge < -0.3 is 0 Å². The second kappa shape index (κ2) is 7.34. The van der Waals surface area contributed by atoms with Crippen LogP contribution in [0.4, 0.5) is 22.0 Å². The number of halogens is 5. The predicted molar refractivity (Wildman–Crippen MR) is 89.6 cm³/mol. The van der Waals surface area contributed by atoms with Crippen LogP contribution in [0.3, 0.4) is 0 Å². The van der Waals surface area contributed by atoms with Gasteiger partial charge in [0.15, 0.2) is 28.8 Å². The molecule has 0 fully saturated rings. The van der Waals surface area contributed by atoms with Gasteiger partial charge in [0.05, 0.1) is 0 Å². The Morgan fingerprint density at radius 3 is 1.31 bits per heavy atom. The summed E-state index contributed by atoms with van der Waals surface area (Å²) in [4.78, 5) is 12.9.